The number of carbonyl (C=O) groups is 1. The molecule has 3 aromatic rings. The van der Waals surface area contributed by atoms with Crippen molar-refractivity contribution >= 4 is 22.9 Å². The number of fused-ring (bicyclic) bond motifs is 1. The molecule has 1 amide bonds. The third-order valence-electron chi connectivity index (χ3n) is 3.18. The molecule has 0 aliphatic heterocycles. The highest BCUT2D eigenvalue weighted by atomic mass is 16.1. The summed E-state index contributed by atoms with van der Waals surface area (Å²) in [7, 11) is 0. The van der Waals surface area contributed by atoms with E-state index < -0.39 is 0 Å². The SMILES string of the molecule is CC(C)n1cnc2cc(C(=O)Nc3ncccn3)ccc21. The Labute approximate surface area is 121 Å². The third kappa shape index (κ3) is 2.60. The molecule has 0 radical (unpaired) electrons. The fourth-order valence-electron chi connectivity index (χ4n) is 2.12. The van der Waals surface area contributed by atoms with Crippen LogP contribution in [0.1, 0.15) is 30.2 Å². The molecule has 0 saturated heterocycles. The summed E-state index contributed by atoms with van der Waals surface area (Å²) in [6.45, 7) is 4.18. The first kappa shape index (κ1) is 13.2. The number of hydrogen-bond donors (Lipinski definition) is 1. The first-order valence-electron chi connectivity index (χ1n) is 6.70. The third-order valence-corrected chi connectivity index (χ3v) is 3.18. The average Bonchev–Trinajstić information content (AvgIpc) is 2.91. The van der Waals surface area contributed by atoms with Gasteiger partial charge in [-0.05, 0) is 38.1 Å². The van der Waals surface area contributed by atoms with Gasteiger partial charge in [-0.1, -0.05) is 0 Å². The van der Waals surface area contributed by atoms with E-state index in [-0.39, 0.29) is 11.9 Å². The van der Waals surface area contributed by atoms with Gasteiger partial charge in [0.1, 0.15) is 0 Å². The van der Waals surface area contributed by atoms with Crippen LogP contribution < -0.4 is 5.32 Å². The molecule has 0 spiro atoms. The minimum atomic E-state index is -0.248. The number of nitrogens with zero attached hydrogens (tertiary/aromatic N) is 4. The van der Waals surface area contributed by atoms with Crippen LogP contribution in [0.5, 0.6) is 0 Å². The number of imidazole rings is 1. The van der Waals surface area contributed by atoms with E-state index in [4.69, 9.17) is 0 Å². The Morgan fingerprint density at radius 2 is 1.95 bits per heavy atom. The highest BCUT2D eigenvalue weighted by Gasteiger charge is 2.11. The number of hydrogen-bond acceptors (Lipinski definition) is 4. The maximum Gasteiger partial charge on any atom is 0.258 e. The molecule has 0 unspecified atom stereocenters. The highest BCUT2D eigenvalue weighted by Crippen LogP contribution is 2.19. The Bertz CT molecular complexity index is 779. The molecule has 0 aliphatic carbocycles. The molecule has 0 fully saturated rings. The van der Waals surface area contributed by atoms with E-state index in [1.54, 1.807) is 36.9 Å². The van der Waals surface area contributed by atoms with Crippen LogP contribution in [0.2, 0.25) is 0 Å². The van der Waals surface area contributed by atoms with Crippen molar-refractivity contribution in [2.75, 3.05) is 5.32 Å². The van der Waals surface area contributed by atoms with Gasteiger partial charge in [0.2, 0.25) is 5.95 Å². The van der Waals surface area contributed by atoms with Crippen molar-refractivity contribution in [2.45, 2.75) is 19.9 Å². The van der Waals surface area contributed by atoms with Crippen LogP contribution in [0.4, 0.5) is 5.95 Å². The Balaban J connectivity index is 1.89. The zero-order valence-electron chi connectivity index (χ0n) is 11.8. The summed E-state index contributed by atoms with van der Waals surface area (Å²) < 4.78 is 2.07. The van der Waals surface area contributed by atoms with E-state index in [0.29, 0.717) is 11.6 Å². The van der Waals surface area contributed by atoms with Crippen LogP contribution >= 0.6 is 0 Å². The van der Waals surface area contributed by atoms with Crippen molar-refractivity contribution in [2.24, 2.45) is 0 Å². The molecule has 21 heavy (non-hydrogen) atoms. The van der Waals surface area contributed by atoms with Gasteiger partial charge in [0.05, 0.1) is 17.4 Å². The first-order chi connectivity index (χ1) is 10.1. The number of carbonyl (C=O) groups excluding carboxylic acids is 1. The quantitative estimate of drug-likeness (QED) is 0.801. The second kappa shape index (κ2) is 5.32. The van der Waals surface area contributed by atoms with Crippen molar-refractivity contribution in [3.05, 3.63) is 48.5 Å². The second-order valence-electron chi connectivity index (χ2n) is 4.98. The molecular weight excluding hydrogens is 266 g/mol. The lowest BCUT2D eigenvalue weighted by Crippen LogP contribution is -2.13. The van der Waals surface area contributed by atoms with Gasteiger partial charge in [-0.15, -0.1) is 0 Å². The van der Waals surface area contributed by atoms with E-state index in [2.05, 4.69) is 38.7 Å². The summed E-state index contributed by atoms with van der Waals surface area (Å²) >= 11 is 0. The summed E-state index contributed by atoms with van der Waals surface area (Å²) in [5.74, 6) is 0.0394. The molecule has 2 heterocycles. The number of aromatic nitrogens is 4. The van der Waals surface area contributed by atoms with Crippen LogP contribution in [0.25, 0.3) is 11.0 Å². The summed E-state index contributed by atoms with van der Waals surface area (Å²) in [5.41, 5.74) is 2.34. The van der Waals surface area contributed by atoms with E-state index >= 15 is 0 Å². The molecule has 1 aromatic carbocycles. The lowest BCUT2D eigenvalue weighted by atomic mass is 10.2. The van der Waals surface area contributed by atoms with Gasteiger partial charge < -0.3 is 4.57 Å². The van der Waals surface area contributed by atoms with E-state index in [1.807, 2.05) is 6.07 Å². The first-order valence-corrected chi connectivity index (χ1v) is 6.70. The van der Waals surface area contributed by atoms with Crippen molar-refractivity contribution in [3.63, 3.8) is 0 Å². The number of benzene rings is 1. The molecule has 6 heteroatoms. The largest absolute Gasteiger partial charge is 0.328 e. The van der Waals surface area contributed by atoms with Crippen LogP contribution in [-0.2, 0) is 0 Å². The fraction of sp³-hybridized carbons (Fsp3) is 0.200. The lowest BCUT2D eigenvalue weighted by Gasteiger charge is -2.08. The molecule has 0 saturated carbocycles. The predicted octanol–water partition coefficient (Wildman–Crippen LogP) is 2.66. The van der Waals surface area contributed by atoms with Crippen LogP contribution in [-0.4, -0.2) is 25.4 Å². The Kier molecular flexibility index (Phi) is 3.35. The van der Waals surface area contributed by atoms with Crippen molar-refractivity contribution in [3.8, 4) is 0 Å². The van der Waals surface area contributed by atoms with Crippen LogP contribution in [0.15, 0.2) is 43.0 Å². The zero-order chi connectivity index (χ0) is 14.8. The van der Waals surface area contributed by atoms with Crippen molar-refractivity contribution in [1.29, 1.82) is 0 Å². The monoisotopic (exact) mass is 281 g/mol. The van der Waals surface area contributed by atoms with Gasteiger partial charge >= 0.3 is 0 Å². The van der Waals surface area contributed by atoms with Crippen LogP contribution in [0.3, 0.4) is 0 Å². The van der Waals surface area contributed by atoms with E-state index in [1.165, 1.54) is 0 Å². The second-order valence-corrected chi connectivity index (χ2v) is 4.98. The maximum atomic E-state index is 12.2. The van der Waals surface area contributed by atoms with Gasteiger partial charge in [-0.25, -0.2) is 15.0 Å². The molecule has 0 bridgehead atoms. The molecule has 6 nitrogen and oxygen atoms in total. The smallest absolute Gasteiger partial charge is 0.258 e. The Hall–Kier alpha value is -2.76. The molecular formula is C15H15N5O. The number of amides is 1. The van der Waals surface area contributed by atoms with Gasteiger partial charge in [0.15, 0.2) is 0 Å². The summed E-state index contributed by atoms with van der Waals surface area (Å²) in [6, 6.07) is 7.48. The minimum absolute atomic E-state index is 0.248. The molecule has 0 aliphatic rings. The molecule has 1 N–H and O–H groups in total. The van der Waals surface area contributed by atoms with Crippen molar-refractivity contribution in [1.82, 2.24) is 19.5 Å². The summed E-state index contributed by atoms with van der Waals surface area (Å²) in [5, 5.41) is 2.66. The van der Waals surface area contributed by atoms with Gasteiger partial charge in [-0.3, -0.25) is 10.1 Å². The van der Waals surface area contributed by atoms with Crippen LogP contribution in [0, 0.1) is 0 Å². The summed E-state index contributed by atoms with van der Waals surface area (Å²) in [4.78, 5) is 24.5. The number of rotatable bonds is 3. The Morgan fingerprint density at radius 3 is 2.67 bits per heavy atom. The topological polar surface area (TPSA) is 72.7 Å². The minimum Gasteiger partial charge on any atom is -0.328 e. The molecule has 3 rings (SSSR count). The van der Waals surface area contributed by atoms with Gasteiger partial charge in [-0.2, -0.15) is 0 Å². The summed E-state index contributed by atoms with van der Waals surface area (Å²) in [6.07, 6.45) is 4.95. The maximum absolute atomic E-state index is 12.2. The molecule has 2 aromatic heterocycles. The Morgan fingerprint density at radius 1 is 1.19 bits per heavy atom. The number of nitrogens with one attached hydrogen (secondary N) is 1. The average molecular weight is 281 g/mol. The fourth-order valence-corrected chi connectivity index (χ4v) is 2.12. The van der Waals surface area contributed by atoms with Gasteiger partial charge in [0.25, 0.3) is 5.91 Å². The van der Waals surface area contributed by atoms with E-state index in [9.17, 15) is 4.79 Å². The predicted molar refractivity (Wildman–Crippen MR) is 80.1 cm³/mol. The van der Waals surface area contributed by atoms with E-state index in [0.717, 1.165) is 11.0 Å². The van der Waals surface area contributed by atoms with Gasteiger partial charge in [0, 0.05) is 24.0 Å². The molecule has 106 valence electrons. The normalized spacial score (nSPS) is 11.0. The zero-order valence-corrected chi connectivity index (χ0v) is 11.8. The number of anilines is 1. The molecule has 0 atom stereocenters. The highest BCUT2D eigenvalue weighted by molar-refractivity contribution is 6.05. The van der Waals surface area contributed by atoms with Crippen molar-refractivity contribution < 1.29 is 4.79 Å². The lowest BCUT2D eigenvalue weighted by molar-refractivity contribution is 0.102. The standard InChI is InChI=1S/C15H15N5O/c1-10(2)20-9-18-12-8-11(4-5-13(12)20)14(21)19-15-16-6-3-7-17-15/h3-10H,1-2H3,(H,16,17,19,21).